The fourth-order valence-electron chi connectivity index (χ4n) is 2.71. The number of carbonyl (C=O) groups excluding carboxylic acids is 2. The zero-order valence-electron chi connectivity index (χ0n) is 16.0. The molecule has 7 nitrogen and oxygen atoms in total. The molecule has 30 heavy (non-hydrogen) atoms. The van der Waals surface area contributed by atoms with Gasteiger partial charge < -0.3 is 15.2 Å². The lowest BCUT2D eigenvalue weighted by Crippen LogP contribution is -2.27. The summed E-state index contributed by atoms with van der Waals surface area (Å²) in [5, 5.41) is 11.4. The Morgan fingerprint density at radius 2 is 1.90 bits per heavy atom. The van der Waals surface area contributed by atoms with E-state index in [4.69, 9.17) is 22.1 Å². The van der Waals surface area contributed by atoms with Crippen LogP contribution in [0.2, 0.25) is 0 Å². The van der Waals surface area contributed by atoms with Crippen LogP contribution in [0.15, 0.2) is 53.4 Å². The fraction of sp³-hybridized carbons (Fsp3) is 0.143. The van der Waals surface area contributed by atoms with Gasteiger partial charge in [0.15, 0.2) is 4.32 Å². The maximum atomic E-state index is 13.0. The first kappa shape index (κ1) is 21.5. The highest BCUT2D eigenvalue weighted by Gasteiger charge is 2.33. The van der Waals surface area contributed by atoms with E-state index < -0.39 is 5.97 Å². The average Bonchev–Trinajstić information content (AvgIpc) is 2.96. The Morgan fingerprint density at radius 3 is 2.57 bits per heavy atom. The van der Waals surface area contributed by atoms with Gasteiger partial charge in [0.1, 0.15) is 5.75 Å². The number of ether oxygens (including phenoxy) is 1. The van der Waals surface area contributed by atoms with E-state index in [0.29, 0.717) is 31.9 Å². The van der Waals surface area contributed by atoms with Gasteiger partial charge in [0.25, 0.3) is 5.91 Å². The summed E-state index contributed by atoms with van der Waals surface area (Å²) in [5.41, 5.74) is 1.88. The molecule has 3 rings (SSSR count). The Balaban J connectivity index is 1.80. The molecular formula is C21H18N2O5S2. The van der Waals surface area contributed by atoms with Crippen molar-refractivity contribution in [1.82, 2.24) is 0 Å². The molecule has 1 aliphatic heterocycles. The van der Waals surface area contributed by atoms with Crippen molar-refractivity contribution in [1.29, 1.82) is 0 Å². The van der Waals surface area contributed by atoms with Gasteiger partial charge in [-0.25, -0.2) is 0 Å². The van der Waals surface area contributed by atoms with Crippen LogP contribution in [0, 0.1) is 0 Å². The highest BCUT2D eigenvalue weighted by molar-refractivity contribution is 8.27. The third-order valence-corrected chi connectivity index (χ3v) is 5.32. The first-order valence-corrected chi connectivity index (χ1v) is 10.2. The number of aliphatic carboxylic acids is 1. The summed E-state index contributed by atoms with van der Waals surface area (Å²) in [4.78, 5) is 36.7. The minimum absolute atomic E-state index is 0.0296. The number of thiocarbonyl (C=S) groups is 1. The molecular weight excluding hydrogens is 424 g/mol. The Hall–Kier alpha value is -3.17. The van der Waals surface area contributed by atoms with Crippen LogP contribution in [0.1, 0.15) is 18.9 Å². The van der Waals surface area contributed by atoms with Gasteiger partial charge in [-0.2, -0.15) is 0 Å². The molecule has 2 amide bonds. The molecule has 1 heterocycles. The first-order valence-electron chi connectivity index (χ1n) is 8.94. The Labute approximate surface area is 182 Å². The van der Waals surface area contributed by atoms with Crippen molar-refractivity contribution in [2.24, 2.45) is 0 Å². The standard InChI is InChI=1S/C21H18N2O5S2/c1-13(24)22-15-6-8-16(9-7-15)23-20(27)18(30-21(23)29)12-14-4-2-3-5-17(14)28-11-10-19(25)26/h2-9,12H,10-11H2,1H3,(H,22,24)(H,25,26)/b18-12+. The molecule has 0 spiro atoms. The number of para-hydroxylation sites is 1. The number of amides is 2. The van der Waals surface area contributed by atoms with Gasteiger partial charge in [0.2, 0.25) is 5.91 Å². The number of nitrogens with one attached hydrogen (secondary N) is 1. The second-order valence-corrected chi connectivity index (χ2v) is 7.95. The highest BCUT2D eigenvalue weighted by atomic mass is 32.2. The fourth-order valence-corrected chi connectivity index (χ4v) is 4.00. The Morgan fingerprint density at radius 1 is 1.20 bits per heavy atom. The quantitative estimate of drug-likeness (QED) is 0.496. The molecule has 1 fully saturated rings. The van der Waals surface area contributed by atoms with Crippen molar-refractivity contribution in [2.45, 2.75) is 13.3 Å². The van der Waals surface area contributed by atoms with Crippen molar-refractivity contribution in [3.63, 3.8) is 0 Å². The van der Waals surface area contributed by atoms with Crippen LogP contribution < -0.4 is 15.0 Å². The number of carbonyl (C=O) groups is 3. The minimum Gasteiger partial charge on any atom is -0.492 e. The Kier molecular flexibility index (Phi) is 6.86. The monoisotopic (exact) mass is 442 g/mol. The molecule has 0 radical (unpaired) electrons. The average molecular weight is 443 g/mol. The number of anilines is 2. The minimum atomic E-state index is -0.946. The second-order valence-electron chi connectivity index (χ2n) is 6.28. The van der Waals surface area contributed by atoms with Gasteiger partial charge in [-0.1, -0.05) is 42.2 Å². The molecule has 9 heteroatoms. The normalized spacial score (nSPS) is 14.8. The number of hydrogen-bond donors (Lipinski definition) is 2. The van der Waals surface area contributed by atoms with Gasteiger partial charge in [-0.05, 0) is 36.4 Å². The Bertz CT molecular complexity index is 1030. The van der Waals surface area contributed by atoms with Crippen molar-refractivity contribution in [3.05, 3.63) is 59.0 Å². The zero-order chi connectivity index (χ0) is 21.7. The van der Waals surface area contributed by atoms with Crippen molar-refractivity contribution >= 4 is 63.5 Å². The summed E-state index contributed by atoms with van der Waals surface area (Å²) >= 11 is 6.56. The van der Waals surface area contributed by atoms with Crippen molar-refractivity contribution in [2.75, 3.05) is 16.8 Å². The zero-order valence-corrected chi connectivity index (χ0v) is 17.6. The lowest BCUT2D eigenvalue weighted by molar-refractivity contribution is -0.137. The van der Waals surface area contributed by atoms with Crippen LogP contribution in [0.4, 0.5) is 11.4 Å². The maximum absolute atomic E-state index is 13.0. The summed E-state index contributed by atoms with van der Waals surface area (Å²) in [5.74, 6) is -0.903. The summed E-state index contributed by atoms with van der Waals surface area (Å²) < 4.78 is 5.94. The number of hydrogen-bond acceptors (Lipinski definition) is 6. The first-order chi connectivity index (χ1) is 14.3. The third kappa shape index (κ3) is 5.25. The number of benzene rings is 2. The molecule has 0 aromatic heterocycles. The molecule has 2 aromatic carbocycles. The number of thioether (sulfide) groups is 1. The SMILES string of the molecule is CC(=O)Nc1ccc(N2C(=O)/C(=C\c3ccccc3OCCC(=O)O)SC2=S)cc1. The van der Waals surface area contributed by atoms with E-state index in [-0.39, 0.29) is 24.8 Å². The summed E-state index contributed by atoms with van der Waals surface area (Å²) in [7, 11) is 0. The predicted octanol–water partition coefficient (Wildman–Crippen LogP) is 3.90. The smallest absolute Gasteiger partial charge is 0.306 e. The second kappa shape index (κ2) is 9.55. The molecule has 154 valence electrons. The van der Waals surface area contributed by atoms with Gasteiger partial charge in [0.05, 0.1) is 23.6 Å². The van der Waals surface area contributed by atoms with E-state index in [1.807, 2.05) is 0 Å². The molecule has 2 N–H and O–H groups in total. The van der Waals surface area contributed by atoms with E-state index in [0.717, 1.165) is 0 Å². The summed E-state index contributed by atoms with van der Waals surface area (Å²) in [6, 6.07) is 13.9. The lowest BCUT2D eigenvalue weighted by Gasteiger charge is -2.15. The van der Waals surface area contributed by atoms with E-state index in [1.54, 1.807) is 54.6 Å². The molecule has 0 aliphatic carbocycles. The van der Waals surface area contributed by atoms with Gasteiger partial charge >= 0.3 is 5.97 Å². The summed E-state index contributed by atoms with van der Waals surface area (Å²) in [6.45, 7) is 1.45. The van der Waals surface area contributed by atoms with E-state index in [9.17, 15) is 14.4 Å². The van der Waals surface area contributed by atoms with Gasteiger partial charge in [-0.3, -0.25) is 19.3 Å². The number of nitrogens with zero attached hydrogens (tertiary/aromatic N) is 1. The van der Waals surface area contributed by atoms with Crippen LogP contribution in [0.5, 0.6) is 5.75 Å². The van der Waals surface area contributed by atoms with Gasteiger partial charge in [-0.15, -0.1) is 0 Å². The molecule has 0 saturated carbocycles. The highest BCUT2D eigenvalue weighted by Crippen LogP contribution is 2.37. The van der Waals surface area contributed by atoms with Crippen molar-refractivity contribution in [3.8, 4) is 5.75 Å². The molecule has 0 atom stereocenters. The van der Waals surface area contributed by atoms with Crippen LogP contribution in [0.3, 0.4) is 0 Å². The van der Waals surface area contributed by atoms with Crippen LogP contribution in [-0.2, 0) is 14.4 Å². The van der Waals surface area contributed by atoms with Crippen LogP contribution in [0.25, 0.3) is 6.08 Å². The molecule has 1 saturated heterocycles. The van der Waals surface area contributed by atoms with Crippen LogP contribution in [-0.4, -0.2) is 33.8 Å². The molecule has 2 aromatic rings. The van der Waals surface area contributed by atoms with Crippen LogP contribution >= 0.6 is 24.0 Å². The third-order valence-electron chi connectivity index (χ3n) is 4.02. The lowest BCUT2D eigenvalue weighted by atomic mass is 10.2. The number of carboxylic acids is 1. The predicted molar refractivity (Wildman–Crippen MR) is 121 cm³/mol. The van der Waals surface area contributed by atoms with E-state index in [2.05, 4.69) is 5.32 Å². The molecule has 0 bridgehead atoms. The molecule has 0 unspecified atom stereocenters. The topological polar surface area (TPSA) is 95.9 Å². The largest absolute Gasteiger partial charge is 0.492 e. The maximum Gasteiger partial charge on any atom is 0.306 e. The van der Waals surface area contributed by atoms with Gasteiger partial charge in [0, 0.05) is 18.2 Å². The van der Waals surface area contributed by atoms with E-state index >= 15 is 0 Å². The number of carboxylic acid groups (broad SMARTS) is 1. The van der Waals surface area contributed by atoms with Crippen molar-refractivity contribution < 1.29 is 24.2 Å². The summed E-state index contributed by atoms with van der Waals surface area (Å²) in [6.07, 6.45) is 1.56. The van der Waals surface area contributed by atoms with E-state index in [1.165, 1.54) is 23.6 Å². The molecule has 1 aliphatic rings. The number of rotatable bonds is 7.